The first-order chi connectivity index (χ1) is 15.1. The highest BCUT2D eigenvalue weighted by Crippen LogP contribution is 2.35. The van der Waals surface area contributed by atoms with Crippen molar-refractivity contribution in [3.8, 4) is 17.3 Å². The number of thiazole rings is 1. The van der Waals surface area contributed by atoms with E-state index in [1.807, 2.05) is 41.9 Å². The van der Waals surface area contributed by atoms with Crippen LogP contribution in [0.2, 0.25) is 0 Å². The average Bonchev–Trinajstić information content (AvgIpc) is 3.46. The normalized spacial score (nSPS) is 22.8. The monoisotopic (exact) mass is 429 g/mol. The van der Waals surface area contributed by atoms with Crippen molar-refractivity contribution in [3.63, 3.8) is 0 Å². The lowest BCUT2D eigenvalue weighted by atomic mass is 9.99. The lowest BCUT2D eigenvalue weighted by Crippen LogP contribution is -2.47. The van der Waals surface area contributed by atoms with Gasteiger partial charge in [-0.05, 0) is 50.8 Å². The van der Waals surface area contributed by atoms with Crippen LogP contribution in [0.3, 0.4) is 0 Å². The van der Waals surface area contributed by atoms with Gasteiger partial charge in [-0.1, -0.05) is 11.3 Å². The number of pyridine rings is 2. The van der Waals surface area contributed by atoms with Gasteiger partial charge in [0, 0.05) is 43.1 Å². The summed E-state index contributed by atoms with van der Waals surface area (Å²) < 4.78 is 1.91. The second-order valence-electron chi connectivity index (χ2n) is 8.76. The van der Waals surface area contributed by atoms with Gasteiger partial charge in [0.2, 0.25) is 0 Å². The number of fused-ring (bicyclic) bond motifs is 4. The number of hydrogen-bond donors (Lipinski definition) is 1. The van der Waals surface area contributed by atoms with E-state index in [1.165, 1.54) is 25.7 Å². The fourth-order valence-electron chi connectivity index (χ4n) is 5.06. The Morgan fingerprint density at radius 1 is 1.16 bits per heavy atom. The Hall–Kier alpha value is -3.02. The van der Waals surface area contributed by atoms with Gasteiger partial charge < -0.3 is 14.6 Å². The average molecular weight is 430 g/mol. The second kappa shape index (κ2) is 7.01. The Morgan fingerprint density at radius 3 is 2.74 bits per heavy atom. The van der Waals surface area contributed by atoms with E-state index in [1.54, 1.807) is 11.3 Å². The van der Waals surface area contributed by atoms with Crippen molar-refractivity contribution < 1.29 is 0 Å². The van der Waals surface area contributed by atoms with Crippen LogP contribution >= 0.6 is 11.3 Å². The molecule has 0 aliphatic carbocycles. The molecule has 2 aliphatic rings. The third kappa shape index (κ3) is 3.16. The summed E-state index contributed by atoms with van der Waals surface area (Å²) in [5, 5.41) is 14.3. The van der Waals surface area contributed by atoms with Crippen LogP contribution in [0, 0.1) is 18.3 Å². The number of piperidine rings is 1. The number of imidazole rings is 1. The van der Waals surface area contributed by atoms with E-state index in [0.29, 0.717) is 29.3 Å². The summed E-state index contributed by atoms with van der Waals surface area (Å²) in [6, 6.07) is 10.00. The molecular formula is C23H23N7S. The number of aromatic nitrogens is 4. The first-order valence-corrected chi connectivity index (χ1v) is 11.6. The molecule has 2 aliphatic heterocycles. The van der Waals surface area contributed by atoms with Crippen molar-refractivity contribution in [1.29, 1.82) is 5.26 Å². The number of aryl methyl sites for hydroxylation is 1. The molecule has 3 atom stereocenters. The summed E-state index contributed by atoms with van der Waals surface area (Å²) in [5.74, 6) is 0. The lowest BCUT2D eigenvalue weighted by molar-refractivity contribution is 0.354. The molecule has 1 N–H and O–H groups in total. The largest absolute Gasteiger partial charge is 0.348 e. The van der Waals surface area contributed by atoms with Crippen molar-refractivity contribution in [1.82, 2.24) is 24.7 Å². The van der Waals surface area contributed by atoms with Gasteiger partial charge in [0.25, 0.3) is 0 Å². The van der Waals surface area contributed by atoms with Crippen molar-refractivity contribution in [3.05, 3.63) is 41.9 Å². The number of anilines is 1. The maximum absolute atomic E-state index is 9.58. The number of nitriles is 1. The fraction of sp³-hybridized carbons (Fsp3) is 0.391. The SMILES string of the molecule is Cc1cn2cc(-c3ccc4nc(N(C)C5C[C@H]6CC[C@@H](C5)N6)sc4n3)cc(C#N)c2n1. The quantitative estimate of drug-likeness (QED) is 0.532. The van der Waals surface area contributed by atoms with Gasteiger partial charge in [-0.3, -0.25) is 0 Å². The maximum atomic E-state index is 9.58. The van der Waals surface area contributed by atoms with Crippen LogP contribution in [0.25, 0.3) is 27.3 Å². The van der Waals surface area contributed by atoms with Crippen molar-refractivity contribution in [2.45, 2.75) is 50.7 Å². The first kappa shape index (κ1) is 18.7. The Balaban J connectivity index is 1.35. The van der Waals surface area contributed by atoms with Gasteiger partial charge in [0.1, 0.15) is 16.4 Å². The Labute approximate surface area is 184 Å². The van der Waals surface area contributed by atoms with Crippen LogP contribution in [0.1, 0.15) is 36.9 Å². The van der Waals surface area contributed by atoms with Crippen LogP contribution in [0.5, 0.6) is 0 Å². The van der Waals surface area contributed by atoms with Crippen LogP contribution < -0.4 is 10.2 Å². The van der Waals surface area contributed by atoms with E-state index in [-0.39, 0.29) is 0 Å². The summed E-state index contributed by atoms with van der Waals surface area (Å²) in [6.07, 6.45) is 8.88. The van der Waals surface area contributed by atoms with Gasteiger partial charge in [-0.2, -0.15) is 5.26 Å². The minimum absolute atomic E-state index is 0.531. The highest BCUT2D eigenvalue weighted by molar-refractivity contribution is 7.21. The third-order valence-electron chi connectivity index (χ3n) is 6.63. The van der Waals surface area contributed by atoms with Crippen molar-refractivity contribution in [2.75, 3.05) is 11.9 Å². The molecule has 7 nitrogen and oxygen atoms in total. The molecule has 4 aromatic heterocycles. The predicted molar refractivity (Wildman–Crippen MR) is 122 cm³/mol. The molecule has 0 aromatic carbocycles. The molecular weight excluding hydrogens is 406 g/mol. The molecule has 8 heteroatoms. The molecule has 0 saturated carbocycles. The van der Waals surface area contributed by atoms with E-state index in [2.05, 4.69) is 28.3 Å². The number of hydrogen-bond acceptors (Lipinski definition) is 7. The number of rotatable bonds is 3. The smallest absolute Gasteiger partial charge is 0.187 e. The summed E-state index contributed by atoms with van der Waals surface area (Å²) >= 11 is 1.65. The van der Waals surface area contributed by atoms with E-state index in [9.17, 15) is 5.26 Å². The van der Waals surface area contributed by atoms with Crippen LogP contribution in [-0.2, 0) is 0 Å². The second-order valence-corrected chi connectivity index (χ2v) is 9.71. The molecule has 156 valence electrons. The van der Waals surface area contributed by atoms with Crippen molar-refractivity contribution in [2.24, 2.45) is 0 Å². The zero-order valence-electron chi connectivity index (χ0n) is 17.5. The van der Waals surface area contributed by atoms with Gasteiger partial charge in [-0.15, -0.1) is 0 Å². The molecule has 4 aromatic rings. The zero-order valence-corrected chi connectivity index (χ0v) is 18.4. The van der Waals surface area contributed by atoms with Gasteiger partial charge >= 0.3 is 0 Å². The fourth-order valence-corrected chi connectivity index (χ4v) is 6.03. The Kier molecular flexibility index (Phi) is 4.23. The predicted octanol–water partition coefficient (Wildman–Crippen LogP) is 3.91. The van der Waals surface area contributed by atoms with Gasteiger partial charge in [0.15, 0.2) is 10.8 Å². The lowest BCUT2D eigenvalue weighted by Gasteiger charge is -2.35. The highest BCUT2D eigenvalue weighted by atomic mass is 32.1. The summed E-state index contributed by atoms with van der Waals surface area (Å²) in [6.45, 7) is 1.93. The molecule has 0 spiro atoms. The zero-order chi connectivity index (χ0) is 21.1. The molecule has 6 rings (SSSR count). The van der Waals surface area contributed by atoms with E-state index in [4.69, 9.17) is 9.97 Å². The number of nitrogens with zero attached hydrogens (tertiary/aromatic N) is 6. The van der Waals surface area contributed by atoms with Gasteiger partial charge in [-0.25, -0.2) is 15.0 Å². The Morgan fingerprint density at radius 2 is 1.97 bits per heavy atom. The van der Waals surface area contributed by atoms with E-state index < -0.39 is 0 Å². The molecule has 2 fully saturated rings. The van der Waals surface area contributed by atoms with Gasteiger partial charge in [0.05, 0.1) is 17.0 Å². The molecule has 6 heterocycles. The molecule has 2 saturated heterocycles. The molecule has 0 amide bonds. The highest BCUT2D eigenvalue weighted by Gasteiger charge is 2.35. The van der Waals surface area contributed by atoms with E-state index >= 15 is 0 Å². The summed E-state index contributed by atoms with van der Waals surface area (Å²) in [7, 11) is 2.17. The molecule has 31 heavy (non-hydrogen) atoms. The molecule has 0 radical (unpaired) electrons. The topological polar surface area (TPSA) is 82.1 Å². The first-order valence-electron chi connectivity index (χ1n) is 10.7. The maximum Gasteiger partial charge on any atom is 0.187 e. The van der Waals surface area contributed by atoms with Crippen LogP contribution in [0.15, 0.2) is 30.6 Å². The minimum atomic E-state index is 0.531. The summed E-state index contributed by atoms with van der Waals surface area (Å²) in [5.41, 5.74) is 4.79. The molecule has 2 bridgehead atoms. The van der Waals surface area contributed by atoms with E-state index in [0.717, 1.165) is 32.4 Å². The molecule has 1 unspecified atom stereocenters. The third-order valence-corrected chi connectivity index (χ3v) is 7.69. The summed E-state index contributed by atoms with van der Waals surface area (Å²) in [4.78, 5) is 17.5. The minimum Gasteiger partial charge on any atom is -0.348 e. The standard InChI is InChI=1S/C23H23N7S/c1-13-11-30-12-15(7-14(10-24)21(30)25-13)19-5-6-20-22(27-19)31-23(28-20)29(2)18-8-16-3-4-17(9-18)26-16/h5-7,11-12,16-18,26H,3-4,8-9H2,1-2H3/t16-,17+,18?. The van der Waals surface area contributed by atoms with Crippen LogP contribution in [0.4, 0.5) is 5.13 Å². The Bertz CT molecular complexity index is 1340. The van der Waals surface area contributed by atoms with Crippen molar-refractivity contribution >= 4 is 32.5 Å². The van der Waals surface area contributed by atoms with Crippen LogP contribution in [-0.4, -0.2) is 44.5 Å². The number of nitrogens with one attached hydrogen (secondary N) is 1.